The monoisotopic (exact) mass is 341 g/mol. The second kappa shape index (κ2) is 6.78. The van der Waals surface area contributed by atoms with Crippen LogP contribution in [0.3, 0.4) is 0 Å². The van der Waals surface area contributed by atoms with E-state index in [1.54, 1.807) is 18.2 Å². The van der Waals surface area contributed by atoms with Crippen molar-refractivity contribution in [3.8, 4) is 17.9 Å². The fourth-order valence-corrected chi connectivity index (χ4v) is 2.33. The van der Waals surface area contributed by atoms with E-state index in [0.717, 1.165) is 15.7 Å². The van der Waals surface area contributed by atoms with E-state index in [-0.39, 0.29) is 0 Å². The number of nitrogens with zero attached hydrogens (tertiary/aromatic N) is 2. The van der Waals surface area contributed by atoms with Gasteiger partial charge in [0.2, 0.25) is 0 Å². The molecule has 0 aromatic heterocycles. The van der Waals surface area contributed by atoms with Crippen LogP contribution in [0.4, 0.5) is 5.69 Å². The van der Waals surface area contributed by atoms with Crippen molar-refractivity contribution in [3.63, 3.8) is 0 Å². The Kier molecular flexibility index (Phi) is 4.81. The summed E-state index contributed by atoms with van der Waals surface area (Å²) in [5.41, 5.74) is 1.95. The van der Waals surface area contributed by atoms with Crippen molar-refractivity contribution in [1.82, 2.24) is 0 Å². The molecule has 1 atom stereocenters. The molecule has 0 fully saturated rings. The lowest BCUT2D eigenvalue weighted by Gasteiger charge is -2.14. The SMILES string of the molecule is COc1ccc(C(C#N)Nc2cccc(Br)c2)cc1C#N. The van der Waals surface area contributed by atoms with Gasteiger partial charge in [0.05, 0.1) is 18.7 Å². The molecule has 0 aliphatic heterocycles. The van der Waals surface area contributed by atoms with Crippen LogP contribution in [0, 0.1) is 22.7 Å². The smallest absolute Gasteiger partial charge is 0.140 e. The van der Waals surface area contributed by atoms with Gasteiger partial charge in [-0.05, 0) is 35.9 Å². The molecule has 0 saturated carbocycles. The molecule has 0 radical (unpaired) electrons. The number of halogens is 1. The van der Waals surface area contributed by atoms with Gasteiger partial charge in [-0.15, -0.1) is 0 Å². The van der Waals surface area contributed by atoms with Crippen molar-refractivity contribution in [2.45, 2.75) is 6.04 Å². The van der Waals surface area contributed by atoms with E-state index in [2.05, 4.69) is 33.4 Å². The molecule has 21 heavy (non-hydrogen) atoms. The molecular formula is C16H12BrN3O. The van der Waals surface area contributed by atoms with Crippen molar-refractivity contribution in [1.29, 1.82) is 10.5 Å². The van der Waals surface area contributed by atoms with Gasteiger partial charge in [-0.25, -0.2) is 0 Å². The molecule has 4 nitrogen and oxygen atoms in total. The lowest BCUT2D eigenvalue weighted by atomic mass is 10.0. The minimum absolute atomic E-state index is 0.409. The van der Waals surface area contributed by atoms with Gasteiger partial charge in [0.1, 0.15) is 17.9 Å². The van der Waals surface area contributed by atoms with E-state index in [1.165, 1.54) is 7.11 Å². The fraction of sp³-hybridized carbons (Fsp3) is 0.125. The maximum absolute atomic E-state index is 9.36. The standard InChI is InChI=1S/C16H12BrN3O/c1-21-16-6-5-11(7-12(16)9-18)15(10-19)20-14-4-2-3-13(17)8-14/h2-8,15,20H,1H3. The lowest BCUT2D eigenvalue weighted by molar-refractivity contribution is 0.413. The van der Waals surface area contributed by atoms with Crippen LogP contribution < -0.4 is 10.1 Å². The third kappa shape index (κ3) is 3.53. The Bertz CT molecular complexity index is 731. The lowest BCUT2D eigenvalue weighted by Crippen LogP contribution is -2.09. The summed E-state index contributed by atoms with van der Waals surface area (Å²) < 4.78 is 6.03. The molecule has 1 unspecified atom stereocenters. The summed E-state index contributed by atoms with van der Waals surface area (Å²) in [5, 5.41) is 21.6. The van der Waals surface area contributed by atoms with Gasteiger partial charge in [-0.2, -0.15) is 10.5 Å². The summed E-state index contributed by atoms with van der Waals surface area (Å²) in [6.07, 6.45) is 0. The molecule has 2 rings (SSSR count). The predicted molar refractivity (Wildman–Crippen MR) is 83.8 cm³/mol. The minimum atomic E-state index is -0.544. The molecule has 0 saturated heterocycles. The zero-order chi connectivity index (χ0) is 15.2. The number of nitrogens with one attached hydrogen (secondary N) is 1. The number of rotatable bonds is 4. The third-order valence-corrected chi connectivity index (χ3v) is 3.44. The Morgan fingerprint density at radius 1 is 1.19 bits per heavy atom. The van der Waals surface area contributed by atoms with Crippen LogP contribution in [0.15, 0.2) is 46.9 Å². The first kappa shape index (κ1) is 14.9. The predicted octanol–water partition coefficient (Wildman–Crippen LogP) is 4.01. The van der Waals surface area contributed by atoms with Crippen LogP contribution in [0.2, 0.25) is 0 Å². The molecule has 104 valence electrons. The van der Waals surface area contributed by atoms with Crippen molar-refractivity contribution in [2.24, 2.45) is 0 Å². The third-order valence-electron chi connectivity index (χ3n) is 2.94. The Balaban J connectivity index is 2.30. The molecule has 0 amide bonds. The maximum atomic E-state index is 9.36. The molecular weight excluding hydrogens is 330 g/mol. The Morgan fingerprint density at radius 2 is 2.00 bits per heavy atom. The summed E-state index contributed by atoms with van der Waals surface area (Å²) in [7, 11) is 1.51. The number of benzene rings is 2. The molecule has 2 aromatic carbocycles. The summed E-state index contributed by atoms with van der Waals surface area (Å²) in [5.74, 6) is 0.500. The average molecular weight is 342 g/mol. The topological polar surface area (TPSA) is 68.8 Å². The molecule has 2 aromatic rings. The second-order valence-electron chi connectivity index (χ2n) is 4.29. The summed E-state index contributed by atoms with van der Waals surface area (Å²) in [4.78, 5) is 0. The Labute approximate surface area is 131 Å². The van der Waals surface area contributed by atoms with Crippen LogP contribution >= 0.6 is 15.9 Å². The van der Waals surface area contributed by atoms with E-state index >= 15 is 0 Å². The van der Waals surface area contributed by atoms with Crippen molar-refractivity contribution >= 4 is 21.6 Å². The van der Waals surface area contributed by atoms with E-state index in [4.69, 9.17) is 10.00 Å². The van der Waals surface area contributed by atoms with Gasteiger partial charge in [0.25, 0.3) is 0 Å². The zero-order valence-electron chi connectivity index (χ0n) is 11.3. The highest BCUT2D eigenvalue weighted by Crippen LogP contribution is 2.26. The number of hydrogen-bond donors (Lipinski definition) is 1. The molecule has 5 heteroatoms. The summed E-state index contributed by atoms with van der Waals surface area (Å²) in [6, 6.07) is 16.4. The van der Waals surface area contributed by atoms with E-state index in [1.807, 2.05) is 24.3 Å². The van der Waals surface area contributed by atoms with Crippen LogP contribution in [-0.2, 0) is 0 Å². The Hall–Kier alpha value is -2.50. The highest BCUT2D eigenvalue weighted by atomic mass is 79.9. The highest BCUT2D eigenvalue weighted by Gasteiger charge is 2.13. The van der Waals surface area contributed by atoms with E-state index in [9.17, 15) is 5.26 Å². The van der Waals surface area contributed by atoms with E-state index in [0.29, 0.717) is 11.3 Å². The fourth-order valence-electron chi connectivity index (χ4n) is 1.93. The second-order valence-corrected chi connectivity index (χ2v) is 5.20. The number of nitriles is 2. The van der Waals surface area contributed by atoms with Gasteiger partial charge in [0.15, 0.2) is 0 Å². The average Bonchev–Trinajstić information content (AvgIpc) is 2.52. The quantitative estimate of drug-likeness (QED) is 0.912. The van der Waals surface area contributed by atoms with Crippen LogP contribution in [-0.4, -0.2) is 7.11 Å². The number of methoxy groups -OCH3 is 1. The van der Waals surface area contributed by atoms with Crippen LogP contribution in [0.25, 0.3) is 0 Å². The summed E-state index contributed by atoms with van der Waals surface area (Å²) >= 11 is 3.39. The molecule has 0 spiro atoms. The van der Waals surface area contributed by atoms with Crippen LogP contribution in [0.1, 0.15) is 17.2 Å². The first-order valence-corrected chi connectivity index (χ1v) is 6.97. The molecule has 0 heterocycles. The van der Waals surface area contributed by atoms with Gasteiger partial charge in [-0.1, -0.05) is 28.1 Å². The molecule has 1 N–H and O–H groups in total. The van der Waals surface area contributed by atoms with Crippen molar-refractivity contribution < 1.29 is 4.74 Å². The zero-order valence-corrected chi connectivity index (χ0v) is 12.9. The summed E-state index contributed by atoms with van der Waals surface area (Å²) in [6.45, 7) is 0. The first-order valence-electron chi connectivity index (χ1n) is 6.17. The number of anilines is 1. The molecule has 0 aliphatic carbocycles. The number of hydrogen-bond acceptors (Lipinski definition) is 4. The van der Waals surface area contributed by atoms with E-state index < -0.39 is 6.04 Å². The normalized spacial score (nSPS) is 11.0. The van der Waals surface area contributed by atoms with Gasteiger partial charge < -0.3 is 10.1 Å². The molecule has 0 bridgehead atoms. The largest absolute Gasteiger partial charge is 0.495 e. The van der Waals surface area contributed by atoms with Crippen molar-refractivity contribution in [3.05, 3.63) is 58.1 Å². The van der Waals surface area contributed by atoms with Crippen molar-refractivity contribution in [2.75, 3.05) is 12.4 Å². The van der Waals surface area contributed by atoms with Gasteiger partial charge in [0, 0.05) is 10.2 Å². The molecule has 0 aliphatic rings. The first-order chi connectivity index (χ1) is 10.2. The van der Waals surface area contributed by atoms with Gasteiger partial charge >= 0.3 is 0 Å². The maximum Gasteiger partial charge on any atom is 0.140 e. The van der Waals surface area contributed by atoms with Gasteiger partial charge in [-0.3, -0.25) is 0 Å². The Morgan fingerprint density at radius 3 is 2.62 bits per heavy atom. The van der Waals surface area contributed by atoms with Crippen LogP contribution in [0.5, 0.6) is 5.75 Å². The number of ether oxygens (including phenoxy) is 1. The minimum Gasteiger partial charge on any atom is -0.495 e. The highest BCUT2D eigenvalue weighted by molar-refractivity contribution is 9.10.